The molecule has 1 aliphatic rings. The van der Waals surface area contributed by atoms with Gasteiger partial charge >= 0.3 is 11.9 Å². The number of carboxylic acid groups (broad SMARTS) is 1. The van der Waals surface area contributed by atoms with Crippen LogP contribution >= 0.6 is 0 Å². The van der Waals surface area contributed by atoms with Gasteiger partial charge in [0.05, 0.1) is 6.61 Å². The van der Waals surface area contributed by atoms with E-state index in [1.165, 1.54) is 0 Å². The smallest absolute Gasteiger partial charge is 0.326 e. The van der Waals surface area contributed by atoms with Gasteiger partial charge in [-0.25, -0.2) is 4.79 Å². The number of rotatable bonds is 9. The Morgan fingerprint density at radius 3 is 2.48 bits per heavy atom. The quantitative estimate of drug-likeness (QED) is 0.598. The zero-order chi connectivity index (χ0) is 15.7. The maximum Gasteiger partial charge on any atom is 0.326 e. The predicted octanol–water partition coefficient (Wildman–Crippen LogP) is 0.385. The summed E-state index contributed by atoms with van der Waals surface area (Å²) in [7, 11) is 0. The van der Waals surface area contributed by atoms with Crippen molar-refractivity contribution in [2.75, 3.05) is 26.2 Å². The maximum absolute atomic E-state index is 11.8. The van der Waals surface area contributed by atoms with Crippen molar-refractivity contribution in [1.29, 1.82) is 0 Å². The van der Waals surface area contributed by atoms with E-state index in [4.69, 9.17) is 9.84 Å². The predicted molar refractivity (Wildman–Crippen MR) is 75.7 cm³/mol. The van der Waals surface area contributed by atoms with E-state index >= 15 is 0 Å². The Labute approximate surface area is 124 Å². The third kappa shape index (κ3) is 7.08. The fourth-order valence-corrected chi connectivity index (χ4v) is 2.29. The van der Waals surface area contributed by atoms with Gasteiger partial charge in [0, 0.05) is 19.4 Å². The first-order valence-corrected chi connectivity index (χ1v) is 7.43. The Morgan fingerprint density at radius 1 is 1.24 bits per heavy atom. The summed E-state index contributed by atoms with van der Waals surface area (Å²) in [5, 5.41) is 11.5. The Kier molecular flexibility index (Phi) is 7.74. The summed E-state index contributed by atoms with van der Waals surface area (Å²) < 4.78 is 4.74. The number of carbonyl (C=O) groups is 3. The Morgan fingerprint density at radius 2 is 1.90 bits per heavy atom. The van der Waals surface area contributed by atoms with E-state index in [0.29, 0.717) is 6.54 Å². The molecule has 1 atom stereocenters. The first-order valence-electron chi connectivity index (χ1n) is 7.43. The number of hydrogen-bond donors (Lipinski definition) is 2. The van der Waals surface area contributed by atoms with Gasteiger partial charge in [0.1, 0.15) is 6.04 Å². The first-order chi connectivity index (χ1) is 10.0. The molecule has 1 saturated heterocycles. The molecule has 0 spiro atoms. The van der Waals surface area contributed by atoms with Crippen molar-refractivity contribution in [3.05, 3.63) is 0 Å². The lowest BCUT2D eigenvalue weighted by Crippen LogP contribution is -2.42. The molecule has 0 aromatic carbocycles. The summed E-state index contributed by atoms with van der Waals surface area (Å²) in [4.78, 5) is 36.3. The standard InChI is InChI=1S/C14H24N2O5/c1-2-21-13(18)6-5-11(14(19)20)15-12(17)7-10-16-8-3-4-9-16/h11H,2-10H2,1H3,(H,15,17)(H,19,20)/t11-/m0/s1. The van der Waals surface area contributed by atoms with Gasteiger partial charge < -0.3 is 20.1 Å². The molecule has 0 saturated carbocycles. The number of carbonyl (C=O) groups excluding carboxylic acids is 2. The SMILES string of the molecule is CCOC(=O)CC[C@H](NC(=O)CCN1CCCC1)C(=O)O. The van der Waals surface area contributed by atoms with Crippen molar-refractivity contribution in [1.82, 2.24) is 10.2 Å². The van der Waals surface area contributed by atoms with E-state index < -0.39 is 18.0 Å². The molecule has 7 nitrogen and oxygen atoms in total. The highest BCUT2D eigenvalue weighted by molar-refractivity contribution is 5.84. The molecule has 1 aliphatic heterocycles. The van der Waals surface area contributed by atoms with Crippen LogP contribution in [0.2, 0.25) is 0 Å². The van der Waals surface area contributed by atoms with Gasteiger partial charge in [-0.3, -0.25) is 9.59 Å². The first kappa shape index (κ1) is 17.4. The van der Waals surface area contributed by atoms with Gasteiger partial charge in [-0.15, -0.1) is 0 Å². The molecule has 7 heteroatoms. The van der Waals surface area contributed by atoms with Crippen LogP contribution in [0.3, 0.4) is 0 Å². The molecule has 0 radical (unpaired) electrons. The van der Waals surface area contributed by atoms with Crippen LogP contribution in [0.4, 0.5) is 0 Å². The molecule has 1 heterocycles. The van der Waals surface area contributed by atoms with Crippen molar-refractivity contribution >= 4 is 17.8 Å². The van der Waals surface area contributed by atoms with E-state index in [-0.39, 0.29) is 31.8 Å². The summed E-state index contributed by atoms with van der Waals surface area (Å²) in [5.74, 6) is -1.87. The van der Waals surface area contributed by atoms with Crippen LogP contribution < -0.4 is 5.32 Å². The number of nitrogens with one attached hydrogen (secondary N) is 1. The fraction of sp³-hybridized carbons (Fsp3) is 0.786. The van der Waals surface area contributed by atoms with Crippen LogP contribution in [0.1, 0.15) is 39.0 Å². The van der Waals surface area contributed by atoms with Crippen molar-refractivity contribution in [2.45, 2.75) is 45.1 Å². The van der Waals surface area contributed by atoms with E-state index in [9.17, 15) is 14.4 Å². The van der Waals surface area contributed by atoms with Crippen LogP contribution in [0.5, 0.6) is 0 Å². The number of carboxylic acids is 1. The summed E-state index contributed by atoms with van der Waals surface area (Å²) in [6, 6.07) is -1.04. The van der Waals surface area contributed by atoms with Crippen molar-refractivity contribution in [2.24, 2.45) is 0 Å². The molecule has 0 bridgehead atoms. The number of hydrogen-bond acceptors (Lipinski definition) is 5. The highest BCUT2D eigenvalue weighted by Gasteiger charge is 2.22. The van der Waals surface area contributed by atoms with E-state index in [1.54, 1.807) is 6.92 Å². The second-order valence-corrected chi connectivity index (χ2v) is 5.10. The number of esters is 1. The molecule has 0 aromatic heterocycles. The lowest BCUT2D eigenvalue weighted by Gasteiger charge is -2.17. The van der Waals surface area contributed by atoms with Crippen LogP contribution in [0.25, 0.3) is 0 Å². The zero-order valence-electron chi connectivity index (χ0n) is 12.5. The number of aliphatic carboxylic acids is 1. The van der Waals surface area contributed by atoms with Crippen LogP contribution in [-0.2, 0) is 19.1 Å². The van der Waals surface area contributed by atoms with Gasteiger partial charge in [-0.2, -0.15) is 0 Å². The molecular formula is C14H24N2O5. The minimum absolute atomic E-state index is 0.0167. The number of amides is 1. The molecule has 1 rings (SSSR count). The Balaban J connectivity index is 2.29. The molecule has 21 heavy (non-hydrogen) atoms. The molecule has 120 valence electrons. The second kappa shape index (κ2) is 9.33. The molecule has 2 N–H and O–H groups in total. The Bertz CT molecular complexity index is 366. The van der Waals surface area contributed by atoms with Crippen LogP contribution in [0.15, 0.2) is 0 Å². The van der Waals surface area contributed by atoms with Gasteiger partial charge in [-0.1, -0.05) is 0 Å². The topological polar surface area (TPSA) is 95.9 Å². The lowest BCUT2D eigenvalue weighted by molar-refractivity contribution is -0.145. The lowest BCUT2D eigenvalue weighted by atomic mass is 10.1. The van der Waals surface area contributed by atoms with Crippen LogP contribution in [-0.4, -0.2) is 60.1 Å². The van der Waals surface area contributed by atoms with Gasteiger partial charge in [-0.05, 0) is 39.3 Å². The minimum atomic E-state index is -1.13. The summed E-state index contributed by atoms with van der Waals surface area (Å²) in [6.45, 7) is 4.60. The van der Waals surface area contributed by atoms with E-state index in [2.05, 4.69) is 10.2 Å². The zero-order valence-corrected chi connectivity index (χ0v) is 12.5. The summed E-state index contributed by atoms with van der Waals surface area (Å²) >= 11 is 0. The average Bonchev–Trinajstić information content (AvgIpc) is 2.94. The number of ether oxygens (including phenoxy) is 1. The van der Waals surface area contributed by atoms with E-state index in [0.717, 1.165) is 25.9 Å². The van der Waals surface area contributed by atoms with Gasteiger partial charge in [0.2, 0.25) is 5.91 Å². The molecule has 0 aromatic rings. The average molecular weight is 300 g/mol. The largest absolute Gasteiger partial charge is 0.480 e. The molecule has 0 aliphatic carbocycles. The number of nitrogens with zero attached hydrogens (tertiary/aromatic N) is 1. The highest BCUT2D eigenvalue weighted by atomic mass is 16.5. The number of likely N-dealkylation sites (tertiary alicyclic amines) is 1. The van der Waals surface area contributed by atoms with Gasteiger partial charge in [0.15, 0.2) is 0 Å². The summed E-state index contributed by atoms with van der Waals surface area (Å²) in [6.07, 6.45) is 2.61. The highest BCUT2D eigenvalue weighted by Crippen LogP contribution is 2.07. The monoisotopic (exact) mass is 300 g/mol. The molecular weight excluding hydrogens is 276 g/mol. The van der Waals surface area contributed by atoms with Crippen LogP contribution in [0, 0.1) is 0 Å². The molecule has 1 fully saturated rings. The van der Waals surface area contributed by atoms with E-state index in [1.807, 2.05) is 0 Å². The third-order valence-electron chi connectivity index (χ3n) is 3.43. The fourth-order valence-electron chi connectivity index (χ4n) is 2.29. The van der Waals surface area contributed by atoms with Crippen molar-refractivity contribution in [3.8, 4) is 0 Å². The third-order valence-corrected chi connectivity index (χ3v) is 3.43. The maximum atomic E-state index is 11.8. The molecule has 0 unspecified atom stereocenters. The van der Waals surface area contributed by atoms with Gasteiger partial charge in [0.25, 0.3) is 0 Å². The van der Waals surface area contributed by atoms with Crippen molar-refractivity contribution < 1.29 is 24.2 Å². The normalized spacial score (nSPS) is 16.4. The molecule has 1 amide bonds. The summed E-state index contributed by atoms with van der Waals surface area (Å²) in [5.41, 5.74) is 0. The van der Waals surface area contributed by atoms with Crippen molar-refractivity contribution in [3.63, 3.8) is 0 Å². The minimum Gasteiger partial charge on any atom is -0.480 e. The Hall–Kier alpha value is -1.63. The second-order valence-electron chi connectivity index (χ2n) is 5.10.